The van der Waals surface area contributed by atoms with Crippen molar-refractivity contribution in [1.29, 1.82) is 0 Å². The molecule has 1 fully saturated rings. The van der Waals surface area contributed by atoms with E-state index in [1.54, 1.807) is 23.6 Å². The van der Waals surface area contributed by atoms with Gasteiger partial charge in [0.05, 0.1) is 17.7 Å². The minimum Gasteiger partial charge on any atom is -0.354 e. The smallest absolute Gasteiger partial charge is 0.173 e. The number of anilines is 1. The van der Waals surface area contributed by atoms with Crippen LogP contribution in [-0.4, -0.2) is 59.7 Å². The number of benzene rings is 1. The number of thiophene rings is 1. The van der Waals surface area contributed by atoms with E-state index in [0.29, 0.717) is 27.8 Å². The summed E-state index contributed by atoms with van der Waals surface area (Å²) in [6, 6.07) is 8.42. The van der Waals surface area contributed by atoms with Gasteiger partial charge in [-0.1, -0.05) is 6.07 Å². The first-order valence-electron chi connectivity index (χ1n) is 10.9. The Morgan fingerprint density at radius 1 is 1.00 bits per heavy atom. The van der Waals surface area contributed by atoms with Crippen LogP contribution in [0.3, 0.4) is 0 Å². The summed E-state index contributed by atoms with van der Waals surface area (Å²) < 4.78 is 14.3. The Morgan fingerprint density at radius 3 is 2.61 bits per heavy atom. The Bertz CT molecular complexity index is 1480. The zero-order valence-electron chi connectivity index (χ0n) is 18.0. The van der Waals surface area contributed by atoms with Crippen LogP contribution in [-0.2, 0) is 9.59 Å². The van der Waals surface area contributed by atoms with Gasteiger partial charge in [-0.25, -0.2) is 9.37 Å². The molecule has 0 saturated carbocycles. The molecule has 8 heteroatoms. The number of nitrogens with zero attached hydrogens (tertiary/aromatic N) is 3. The van der Waals surface area contributed by atoms with E-state index >= 15 is 0 Å². The minimum atomic E-state index is -0.404. The van der Waals surface area contributed by atoms with Gasteiger partial charge in [-0.05, 0) is 42.1 Å². The molecule has 1 aliphatic heterocycles. The monoisotopic (exact) mass is 460 g/mol. The van der Waals surface area contributed by atoms with E-state index in [9.17, 15) is 14.0 Å². The molecule has 0 unspecified atom stereocenters. The lowest BCUT2D eigenvalue weighted by atomic mass is 9.96. The first-order chi connectivity index (χ1) is 16.0. The van der Waals surface area contributed by atoms with Crippen LogP contribution >= 0.6 is 11.3 Å². The summed E-state index contributed by atoms with van der Waals surface area (Å²) in [4.78, 5) is 39.7. The molecule has 1 N–H and O–H groups in total. The summed E-state index contributed by atoms with van der Waals surface area (Å²) in [5.41, 5.74) is 1.75. The molecule has 4 heterocycles. The van der Waals surface area contributed by atoms with Gasteiger partial charge in [0.2, 0.25) is 0 Å². The van der Waals surface area contributed by atoms with E-state index in [4.69, 9.17) is 4.98 Å². The summed E-state index contributed by atoms with van der Waals surface area (Å²) in [7, 11) is 2.08. The fourth-order valence-corrected chi connectivity index (χ4v) is 5.56. The number of Topliss-reactive ketones (excluding diaryl/α,β-unsaturated/α-hetero) is 2. The fraction of sp³-hybridized carbons (Fsp3) is 0.240. The van der Waals surface area contributed by atoms with Gasteiger partial charge in [0.15, 0.2) is 11.6 Å². The molecule has 1 aromatic carbocycles. The average Bonchev–Trinajstić information content (AvgIpc) is 3.48. The minimum absolute atomic E-state index is 0.196. The van der Waals surface area contributed by atoms with Gasteiger partial charge in [0.1, 0.15) is 16.5 Å². The standard InChI is InChI=1S/C25H21FN4O2S/c1-29-5-7-30(8-6-29)21-10-14-2-3-15(26)11-17(14)24(28-21)23-20(32)12-19(31)22(23)18-13-27-25-16(18)4-9-33-25/h2-4,9-11,13,27H,5-8,12H2,1H3. The van der Waals surface area contributed by atoms with E-state index in [2.05, 4.69) is 21.8 Å². The third-order valence-electron chi connectivity index (χ3n) is 6.55. The highest BCUT2D eigenvalue weighted by Crippen LogP contribution is 2.41. The maximum atomic E-state index is 14.3. The molecule has 1 aliphatic carbocycles. The van der Waals surface area contributed by atoms with Crippen LogP contribution in [0.5, 0.6) is 0 Å². The third-order valence-corrected chi connectivity index (χ3v) is 7.39. The number of rotatable bonds is 3. The molecular weight excluding hydrogens is 439 g/mol. The van der Waals surface area contributed by atoms with Crippen molar-refractivity contribution >= 4 is 60.9 Å². The summed E-state index contributed by atoms with van der Waals surface area (Å²) in [5, 5.41) is 4.19. The molecule has 2 aliphatic rings. The number of H-pyrrole nitrogens is 1. The van der Waals surface area contributed by atoms with Gasteiger partial charge in [0.25, 0.3) is 0 Å². The van der Waals surface area contributed by atoms with Gasteiger partial charge in [-0.3, -0.25) is 9.59 Å². The Kier molecular flexibility index (Phi) is 4.67. The maximum Gasteiger partial charge on any atom is 0.173 e. The van der Waals surface area contributed by atoms with E-state index < -0.39 is 5.82 Å². The van der Waals surface area contributed by atoms with Crippen LogP contribution < -0.4 is 4.90 Å². The topological polar surface area (TPSA) is 69.3 Å². The second kappa shape index (κ2) is 7.60. The zero-order chi connectivity index (χ0) is 22.7. The van der Waals surface area contributed by atoms with Crippen molar-refractivity contribution in [1.82, 2.24) is 14.9 Å². The molecule has 6 rings (SSSR count). The number of likely N-dealkylation sites (N-methyl/N-ethyl adjacent to an activating group) is 1. The van der Waals surface area contributed by atoms with E-state index in [-0.39, 0.29) is 18.0 Å². The SMILES string of the molecule is CN1CCN(c2cc3ccc(F)cc3c(C3=C(c4c[nH]c5sccc45)C(=O)CC3=O)n2)CC1. The number of pyridine rings is 1. The summed E-state index contributed by atoms with van der Waals surface area (Å²) in [5.74, 6) is -0.156. The second-order valence-corrected chi connectivity index (χ2v) is 9.54. The lowest BCUT2D eigenvalue weighted by molar-refractivity contribution is -0.119. The molecule has 6 nitrogen and oxygen atoms in total. The number of ketones is 2. The van der Waals surface area contributed by atoms with E-state index in [0.717, 1.165) is 47.6 Å². The van der Waals surface area contributed by atoms with Gasteiger partial charge in [0, 0.05) is 54.3 Å². The lowest BCUT2D eigenvalue weighted by Crippen LogP contribution is -2.44. The molecule has 1 saturated heterocycles. The molecule has 166 valence electrons. The lowest BCUT2D eigenvalue weighted by Gasteiger charge is -2.33. The molecular formula is C25H21FN4O2S. The number of aromatic amines is 1. The van der Waals surface area contributed by atoms with Gasteiger partial charge in [-0.2, -0.15) is 0 Å². The van der Waals surface area contributed by atoms with Crippen molar-refractivity contribution in [3.05, 3.63) is 59.0 Å². The van der Waals surface area contributed by atoms with Crippen molar-refractivity contribution in [2.75, 3.05) is 38.1 Å². The highest BCUT2D eigenvalue weighted by molar-refractivity contribution is 7.16. The zero-order valence-corrected chi connectivity index (χ0v) is 18.8. The normalized spacial score (nSPS) is 17.8. The van der Waals surface area contributed by atoms with Crippen molar-refractivity contribution in [2.45, 2.75) is 6.42 Å². The largest absolute Gasteiger partial charge is 0.354 e. The number of halogens is 1. The highest BCUT2D eigenvalue weighted by Gasteiger charge is 2.36. The summed E-state index contributed by atoms with van der Waals surface area (Å²) in [6.07, 6.45) is 1.58. The fourth-order valence-electron chi connectivity index (χ4n) is 4.79. The Labute approximate surface area is 193 Å². The van der Waals surface area contributed by atoms with Crippen LogP contribution in [0.2, 0.25) is 0 Å². The van der Waals surface area contributed by atoms with Crippen molar-refractivity contribution < 1.29 is 14.0 Å². The molecule has 0 spiro atoms. The number of nitrogens with one attached hydrogen (secondary N) is 1. The molecule has 0 radical (unpaired) electrons. The van der Waals surface area contributed by atoms with Gasteiger partial charge >= 0.3 is 0 Å². The Balaban J connectivity index is 1.62. The van der Waals surface area contributed by atoms with Crippen LogP contribution in [0, 0.1) is 5.82 Å². The first kappa shape index (κ1) is 20.3. The third kappa shape index (κ3) is 3.29. The summed E-state index contributed by atoms with van der Waals surface area (Å²) >= 11 is 1.54. The predicted octanol–water partition coefficient (Wildman–Crippen LogP) is 4.12. The Hall–Kier alpha value is -3.36. The number of carbonyl (C=O) groups excluding carboxylic acids is 2. The van der Waals surface area contributed by atoms with Gasteiger partial charge < -0.3 is 14.8 Å². The van der Waals surface area contributed by atoms with Crippen LogP contribution in [0.4, 0.5) is 10.2 Å². The van der Waals surface area contributed by atoms with E-state index in [1.807, 2.05) is 17.5 Å². The van der Waals surface area contributed by atoms with Crippen LogP contribution in [0.1, 0.15) is 17.7 Å². The van der Waals surface area contributed by atoms with Gasteiger partial charge in [-0.15, -0.1) is 11.3 Å². The number of fused-ring (bicyclic) bond motifs is 2. The predicted molar refractivity (Wildman–Crippen MR) is 129 cm³/mol. The second-order valence-electron chi connectivity index (χ2n) is 8.62. The molecule has 3 aromatic heterocycles. The van der Waals surface area contributed by atoms with Crippen LogP contribution in [0.15, 0.2) is 41.9 Å². The average molecular weight is 461 g/mol. The van der Waals surface area contributed by atoms with Crippen molar-refractivity contribution in [2.24, 2.45) is 0 Å². The maximum absolute atomic E-state index is 14.3. The molecule has 0 bridgehead atoms. The number of hydrogen-bond acceptors (Lipinski definition) is 6. The van der Waals surface area contributed by atoms with Crippen molar-refractivity contribution in [3.63, 3.8) is 0 Å². The number of carbonyl (C=O) groups is 2. The summed E-state index contributed by atoms with van der Waals surface area (Å²) in [6.45, 7) is 3.43. The van der Waals surface area contributed by atoms with E-state index in [1.165, 1.54) is 12.1 Å². The van der Waals surface area contributed by atoms with Crippen molar-refractivity contribution in [3.8, 4) is 0 Å². The number of allylic oxidation sites excluding steroid dienone is 2. The number of hydrogen-bond donors (Lipinski definition) is 1. The molecule has 4 aromatic rings. The molecule has 0 amide bonds. The number of piperazine rings is 1. The van der Waals surface area contributed by atoms with Crippen LogP contribution in [0.25, 0.3) is 32.1 Å². The molecule has 33 heavy (non-hydrogen) atoms. The highest BCUT2D eigenvalue weighted by atomic mass is 32.1. The quantitative estimate of drug-likeness (QED) is 0.466. The number of aromatic nitrogens is 2. The Morgan fingerprint density at radius 2 is 1.79 bits per heavy atom. The molecule has 0 atom stereocenters. The first-order valence-corrected chi connectivity index (χ1v) is 11.8.